The summed E-state index contributed by atoms with van der Waals surface area (Å²) < 4.78 is 7.43. The first-order chi connectivity index (χ1) is 14.9. The van der Waals surface area contributed by atoms with Crippen LogP contribution in [0.2, 0.25) is 10.0 Å². The molecule has 10 heteroatoms. The number of hydrogen-bond donors (Lipinski definition) is 0. The summed E-state index contributed by atoms with van der Waals surface area (Å²) in [4.78, 5) is 6.56. The van der Waals surface area contributed by atoms with E-state index in [1.807, 2.05) is 61.1 Å². The van der Waals surface area contributed by atoms with E-state index >= 15 is 0 Å². The summed E-state index contributed by atoms with van der Waals surface area (Å²) in [5, 5.41) is 14.9. The van der Waals surface area contributed by atoms with E-state index in [0.717, 1.165) is 16.7 Å². The highest BCUT2D eigenvalue weighted by Crippen LogP contribution is 2.30. The van der Waals surface area contributed by atoms with E-state index in [4.69, 9.17) is 27.7 Å². The summed E-state index contributed by atoms with van der Waals surface area (Å²) in [5.74, 6) is 2.24. The molecule has 1 unspecified atom stereocenters. The van der Waals surface area contributed by atoms with Crippen LogP contribution in [0.15, 0.2) is 58.2 Å². The van der Waals surface area contributed by atoms with Crippen LogP contribution in [0.5, 0.6) is 0 Å². The lowest BCUT2D eigenvalue weighted by molar-refractivity contribution is 0.305. The molecule has 2 aromatic carbocycles. The Balaban J connectivity index is 1.60. The number of halogens is 2. The second-order valence-electron chi connectivity index (χ2n) is 7.08. The van der Waals surface area contributed by atoms with Crippen molar-refractivity contribution in [3.05, 3.63) is 70.2 Å². The Morgan fingerprint density at radius 2 is 1.81 bits per heavy atom. The Kier molecular flexibility index (Phi) is 6.62. The minimum atomic E-state index is 0.0644. The van der Waals surface area contributed by atoms with Crippen LogP contribution in [-0.2, 0) is 5.75 Å². The van der Waals surface area contributed by atoms with E-state index in [1.165, 1.54) is 11.8 Å². The van der Waals surface area contributed by atoms with Gasteiger partial charge in [-0.2, -0.15) is 4.98 Å². The Hall–Kier alpha value is -2.39. The molecule has 0 amide bonds. The van der Waals surface area contributed by atoms with Crippen molar-refractivity contribution in [1.82, 2.24) is 29.8 Å². The van der Waals surface area contributed by atoms with Crippen molar-refractivity contribution in [2.24, 2.45) is 0 Å². The van der Waals surface area contributed by atoms with E-state index in [0.29, 0.717) is 33.1 Å². The average Bonchev–Trinajstić information content (AvgIpc) is 3.39. The van der Waals surface area contributed by atoms with E-state index in [2.05, 4.69) is 32.2 Å². The molecule has 0 saturated heterocycles. The van der Waals surface area contributed by atoms with E-state index < -0.39 is 0 Å². The third-order valence-corrected chi connectivity index (χ3v) is 6.30. The van der Waals surface area contributed by atoms with Gasteiger partial charge in [-0.25, -0.2) is 0 Å². The molecule has 0 bridgehead atoms. The van der Waals surface area contributed by atoms with Crippen LogP contribution < -0.4 is 0 Å². The highest BCUT2D eigenvalue weighted by molar-refractivity contribution is 7.98. The van der Waals surface area contributed by atoms with Gasteiger partial charge >= 0.3 is 0 Å². The van der Waals surface area contributed by atoms with E-state index in [9.17, 15) is 0 Å². The lowest BCUT2D eigenvalue weighted by atomic mass is 10.2. The van der Waals surface area contributed by atoms with Gasteiger partial charge in [0.1, 0.15) is 0 Å². The Labute approximate surface area is 194 Å². The fraction of sp³-hybridized carbons (Fsp3) is 0.238. The third kappa shape index (κ3) is 4.77. The van der Waals surface area contributed by atoms with Crippen molar-refractivity contribution in [3.8, 4) is 17.1 Å². The second-order valence-corrected chi connectivity index (χ2v) is 8.86. The maximum absolute atomic E-state index is 6.23. The molecular weight excluding hydrogens is 455 g/mol. The molecule has 0 aliphatic carbocycles. The zero-order valence-electron chi connectivity index (χ0n) is 17.2. The first-order valence-electron chi connectivity index (χ1n) is 9.52. The molecule has 0 aliphatic rings. The molecule has 0 spiro atoms. The Morgan fingerprint density at radius 1 is 1.06 bits per heavy atom. The van der Waals surface area contributed by atoms with Gasteiger partial charge in [0.05, 0.1) is 22.4 Å². The quantitative estimate of drug-likeness (QED) is 0.325. The van der Waals surface area contributed by atoms with Crippen molar-refractivity contribution < 1.29 is 4.52 Å². The van der Waals surface area contributed by atoms with Crippen LogP contribution >= 0.6 is 35.0 Å². The predicted octanol–water partition coefficient (Wildman–Crippen LogP) is 5.54. The van der Waals surface area contributed by atoms with Crippen LogP contribution in [0.4, 0.5) is 0 Å². The van der Waals surface area contributed by atoms with Crippen molar-refractivity contribution in [3.63, 3.8) is 0 Å². The first-order valence-corrected chi connectivity index (χ1v) is 11.3. The summed E-state index contributed by atoms with van der Waals surface area (Å²) in [6, 6.07) is 15.0. The molecule has 2 heterocycles. The highest BCUT2D eigenvalue weighted by Gasteiger charge is 2.22. The zero-order chi connectivity index (χ0) is 22.0. The lowest BCUT2D eigenvalue weighted by Gasteiger charge is -2.20. The Bertz CT molecular complexity index is 1170. The van der Waals surface area contributed by atoms with Crippen LogP contribution in [0.3, 0.4) is 0 Å². The monoisotopic (exact) mass is 474 g/mol. The summed E-state index contributed by atoms with van der Waals surface area (Å²) in [7, 11) is 4.02. The number of rotatable bonds is 7. The van der Waals surface area contributed by atoms with Gasteiger partial charge in [-0.15, -0.1) is 10.2 Å². The molecule has 4 rings (SSSR count). The Morgan fingerprint density at radius 3 is 2.52 bits per heavy atom. The number of hydrogen-bond acceptors (Lipinski definition) is 7. The summed E-state index contributed by atoms with van der Waals surface area (Å²) >= 11 is 13.8. The minimum absolute atomic E-state index is 0.0644. The third-order valence-electron chi connectivity index (χ3n) is 4.79. The van der Waals surface area contributed by atoms with Gasteiger partial charge in [0.15, 0.2) is 16.8 Å². The van der Waals surface area contributed by atoms with Crippen LogP contribution in [0.25, 0.3) is 17.1 Å². The molecule has 0 aliphatic heterocycles. The van der Waals surface area contributed by atoms with Crippen LogP contribution in [0.1, 0.15) is 24.6 Å². The second kappa shape index (κ2) is 9.40. The van der Waals surface area contributed by atoms with Gasteiger partial charge in [0, 0.05) is 10.7 Å². The fourth-order valence-corrected chi connectivity index (χ4v) is 4.04. The number of benzene rings is 2. The maximum atomic E-state index is 6.23. The maximum Gasteiger partial charge on any atom is 0.259 e. The SMILES string of the molecule is CC(c1nnc(SCc2noc(-c3ccccc3Cl)n2)n1-c1ccc(Cl)cc1)N(C)C. The van der Waals surface area contributed by atoms with E-state index in [-0.39, 0.29) is 6.04 Å². The highest BCUT2D eigenvalue weighted by atomic mass is 35.5. The molecule has 2 aromatic heterocycles. The molecule has 4 aromatic rings. The summed E-state index contributed by atoms with van der Waals surface area (Å²) in [6.07, 6.45) is 0. The zero-order valence-corrected chi connectivity index (χ0v) is 19.5. The fourth-order valence-electron chi connectivity index (χ4n) is 2.89. The predicted molar refractivity (Wildman–Crippen MR) is 123 cm³/mol. The molecule has 0 N–H and O–H groups in total. The van der Waals surface area contributed by atoms with Gasteiger partial charge in [-0.05, 0) is 57.4 Å². The summed E-state index contributed by atoms with van der Waals surface area (Å²) in [6.45, 7) is 2.08. The normalized spacial score (nSPS) is 12.5. The van der Waals surface area contributed by atoms with Gasteiger partial charge in [-0.3, -0.25) is 9.47 Å². The number of thioether (sulfide) groups is 1. The smallest absolute Gasteiger partial charge is 0.259 e. The number of aromatic nitrogens is 5. The summed E-state index contributed by atoms with van der Waals surface area (Å²) in [5.41, 5.74) is 1.64. The molecule has 0 saturated carbocycles. The standard InChI is InChI=1S/C21H20Cl2N6OS/c1-13(28(2)3)19-25-26-21(29(19)15-10-8-14(22)9-11-15)31-12-18-24-20(30-27-18)16-6-4-5-7-17(16)23/h4-11,13H,12H2,1-3H3. The first kappa shape index (κ1) is 21.8. The largest absolute Gasteiger partial charge is 0.334 e. The number of nitrogens with zero attached hydrogens (tertiary/aromatic N) is 6. The van der Waals surface area contributed by atoms with Crippen molar-refractivity contribution >= 4 is 35.0 Å². The average molecular weight is 475 g/mol. The van der Waals surface area contributed by atoms with Crippen molar-refractivity contribution in [2.75, 3.05) is 14.1 Å². The van der Waals surface area contributed by atoms with Gasteiger partial charge < -0.3 is 4.52 Å². The van der Waals surface area contributed by atoms with Gasteiger partial charge in [-0.1, -0.05) is 52.3 Å². The lowest BCUT2D eigenvalue weighted by Crippen LogP contribution is -2.20. The topological polar surface area (TPSA) is 72.9 Å². The molecule has 31 heavy (non-hydrogen) atoms. The molecule has 160 valence electrons. The molecular formula is C21H20Cl2N6OS. The van der Waals surface area contributed by atoms with Gasteiger partial charge in [0.25, 0.3) is 5.89 Å². The molecule has 0 radical (unpaired) electrons. The van der Waals surface area contributed by atoms with Crippen molar-refractivity contribution in [2.45, 2.75) is 23.9 Å². The van der Waals surface area contributed by atoms with Crippen molar-refractivity contribution in [1.29, 1.82) is 0 Å². The molecule has 0 fully saturated rings. The molecule has 7 nitrogen and oxygen atoms in total. The van der Waals surface area contributed by atoms with Gasteiger partial charge in [0.2, 0.25) is 0 Å². The van der Waals surface area contributed by atoms with Crippen LogP contribution in [0, 0.1) is 0 Å². The van der Waals surface area contributed by atoms with Crippen LogP contribution in [-0.4, -0.2) is 43.9 Å². The molecule has 1 atom stereocenters. The minimum Gasteiger partial charge on any atom is -0.334 e. The van der Waals surface area contributed by atoms with E-state index in [1.54, 1.807) is 6.07 Å².